The number of carbonyl (C=O) groups excluding carboxylic acids is 2. The molecule has 2 heterocycles. The molecule has 1 amide bonds. The van der Waals surface area contributed by atoms with Gasteiger partial charge in [-0.05, 0) is 37.1 Å². The van der Waals surface area contributed by atoms with Crippen LogP contribution in [0.15, 0.2) is 73.0 Å². The molecule has 4 N–H and O–H groups in total. The first-order valence-electron chi connectivity index (χ1n) is 11.3. The van der Waals surface area contributed by atoms with Crippen molar-refractivity contribution in [2.75, 3.05) is 19.0 Å². The first-order valence-corrected chi connectivity index (χ1v) is 11.3. The maximum atomic E-state index is 12.9. The van der Waals surface area contributed by atoms with Gasteiger partial charge in [0.25, 0.3) is 5.91 Å². The molecule has 0 spiro atoms. The molecule has 3 rings (SSSR count). The fraction of sp³-hybridized carbons (Fsp3) is 0.222. The van der Waals surface area contributed by atoms with Gasteiger partial charge in [-0.3, -0.25) is 14.0 Å². The van der Waals surface area contributed by atoms with Crippen LogP contribution in [0.4, 0.5) is 5.82 Å². The van der Waals surface area contributed by atoms with E-state index < -0.39 is 5.97 Å². The summed E-state index contributed by atoms with van der Waals surface area (Å²) in [5.74, 6) is -0.0242. The van der Waals surface area contributed by atoms with Gasteiger partial charge in [0, 0.05) is 30.4 Å². The molecule has 1 aromatic carbocycles. The normalized spacial score (nSPS) is 11.9. The summed E-state index contributed by atoms with van der Waals surface area (Å²) in [5.41, 5.74) is 11.1. The van der Waals surface area contributed by atoms with Crippen molar-refractivity contribution in [1.29, 1.82) is 0 Å². The Hall–Kier alpha value is -4.17. The number of nitrogens with two attached hydrogens (primary N) is 1. The third-order valence-electron chi connectivity index (χ3n) is 5.53. The van der Waals surface area contributed by atoms with Crippen molar-refractivity contribution in [3.63, 3.8) is 0 Å². The highest BCUT2D eigenvalue weighted by Gasteiger charge is 2.17. The lowest BCUT2D eigenvalue weighted by molar-refractivity contribution is -0.138. The van der Waals surface area contributed by atoms with Gasteiger partial charge in [0.15, 0.2) is 0 Å². The number of hydrogen-bond donors (Lipinski definition) is 3. The Morgan fingerprint density at radius 3 is 2.69 bits per heavy atom. The number of anilines is 1. The number of carbonyl (C=O) groups is 2. The van der Waals surface area contributed by atoms with Crippen LogP contribution in [0, 0.1) is 0 Å². The Morgan fingerprint density at radius 2 is 2.00 bits per heavy atom. The van der Waals surface area contributed by atoms with Gasteiger partial charge in [-0.25, -0.2) is 4.98 Å². The average Bonchev–Trinajstić information content (AvgIpc) is 3.26. The number of nitrogens with zero attached hydrogens (tertiary/aromatic N) is 2. The predicted octanol–water partition coefficient (Wildman–Crippen LogP) is 3.84. The third kappa shape index (κ3) is 6.24. The van der Waals surface area contributed by atoms with Crippen LogP contribution in [0.2, 0.25) is 0 Å². The maximum absolute atomic E-state index is 12.9. The summed E-state index contributed by atoms with van der Waals surface area (Å²) < 4.78 is 6.56. The standard InChI is InChI=1S/C27H31N5O3/c1-5-18(3)12-21(6-2)25-26(29-17-24(33)35-4)32-11-10-22(14-23(32)31-25)27(34)30-16-20-9-7-8-19(13-20)15-28/h5-14,29H,2,15-17,28H2,1,3-4H3,(H,30,34). The number of rotatable bonds is 10. The molecule has 0 aliphatic heterocycles. The van der Waals surface area contributed by atoms with Gasteiger partial charge in [-0.15, -0.1) is 0 Å². The van der Waals surface area contributed by atoms with Gasteiger partial charge in [0.1, 0.15) is 23.7 Å². The molecule has 182 valence electrons. The minimum absolute atomic E-state index is 0.0333. The Balaban J connectivity index is 1.94. The highest BCUT2D eigenvalue weighted by atomic mass is 16.5. The van der Waals surface area contributed by atoms with Gasteiger partial charge in [-0.2, -0.15) is 0 Å². The van der Waals surface area contributed by atoms with E-state index in [1.807, 2.05) is 50.3 Å². The van der Waals surface area contributed by atoms with Crippen molar-refractivity contribution in [3.8, 4) is 0 Å². The number of aromatic nitrogens is 2. The zero-order valence-corrected chi connectivity index (χ0v) is 20.3. The van der Waals surface area contributed by atoms with Crippen LogP contribution < -0.4 is 16.4 Å². The van der Waals surface area contributed by atoms with Crippen LogP contribution in [-0.2, 0) is 22.6 Å². The number of pyridine rings is 1. The SMILES string of the molecule is C=CC(=CC(C)=CC)c1nc2cc(C(=O)NCc3cccc(CN)c3)ccn2c1NCC(=O)OC. The van der Waals surface area contributed by atoms with E-state index in [1.165, 1.54) is 7.11 Å². The summed E-state index contributed by atoms with van der Waals surface area (Å²) in [5, 5.41) is 6.05. The molecule has 0 atom stereocenters. The minimum Gasteiger partial charge on any atom is -0.468 e. The quantitative estimate of drug-likeness (QED) is 0.305. The Labute approximate surface area is 205 Å². The van der Waals surface area contributed by atoms with Gasteiger partial charge < -0.3 is 21.1 Å². The van der Waals surface area contributed by atoms with Crippen molar-refractivity contribution in [1.82, 2.24) is 14.7 Å². The number of fused-ring (bicyclic) bond motifs is 1. The van der Waals surface area contributed by atoms with Crippen LogP contribution in [-0.4, -0.2) is 34.9 Å². The smallest absolute Gasteiger partial charge is 0.325 e. The first kappa shape index (κ1) is 25.5. The lowest BCUT2D eigenvalue weighted by Crippen LogP contribution is -2.23. The first-order chi connectivity index (χ1) is 16.9. The van der Waals surface area contributed by atoms with E-state index in [4.69, 9.17) is 15.5 Å². The largest absolute Gasteiger partial charge is 0.468 e. The molecule has 0 aliphatic carbocycles. The molecule has 0 aliphatic rings. The number of methoxy groups -OCH3 is 1. The van der Waals surface area contributed by atoms with Crippen molar-refractivity contribution in [2.24, 2.45) is 5.73 Å². The van der Waals surface area contributed by atoms with Crippen molar-refractivity contribution >= 4 is 28.9 Å². The van der Waals surface area contributed by atoms with Gasteiger partial charge in [0.05, 0.1) is 7.11 Å². The summed E-state index contributed by atoms with van der Waals surface area (Å²) >= 11 is 0. The number of allylic oxidation sites excluding steroid dienone is 5. The third-order valence-corrected chi connectivity index (χ3v) is 5.53. The van der Waals surface area contributed by atoms with E-state index in [0.717, 1.165) is 22.3 Å². The lowest BCUT2D eigenvalue weighted by atomic mass is 10.1. The van der Waals surface area contributed by atoms with E-state index >= 15 is 0 Å². The summed E-state index contributed by atoms with van der Waals surface area (Å²) in [7, 11) is 1.33. The number of hydrogen-bond acceptors (Lipinski definition) is 6. The molecule has 0 radical (unpaired) electrons. The molecule has 0 saturated carbocycles. The van der Waals surface area contributed by atoms with Crippen molar-refractivity contribution in [3.05, 3.63) is 95.4 Å². The van der Waals surface area contributed by atoms with E-state index in [0.29, 0.717) is 35.8 Å². The molecule has 8 nitrogen and oxygen atoms in total. The molecule has 35 heavy (non-hydrogen) atoms. The Bertz CT molecular complexity index is 1300. The van der Waals surface area contributed by atoms with Crippen LogP contribution in [0.25, 0.3) is 11.2 Å². The van der Waals surface area contributed by atoms with Crippen LogP contribution in [0.1, 0.15) is 41.0 Å². The number of esters is 1. The number of benzene rings is 1. The molecule has 2 aromatic heterocycles. The van der Waals surface area contributed by atoms with Crippen LogP contribution in [0.3, 0.4) is 0 Å². The molecule has 8 heteroatoms. The number of nitrogens with one attached hydrogen (secondary N) is 2. The van der Waals surface area contributed by atoms with Gasteiger partial charge >= 0.3 is 5.97 Å². The Kier molecular flexibility index (Phi) is 8.58. The maximum Gasteiger partial charge on any atom is 0.325 e. The summed E-state index contributed by atoms with van der Waals surface area (Å²) in [4.78, 5) is 29.4. The van der Waals surface area contributed by atoms with Gasteiger partial charge in [-0.1, -0.05) is 54.6 Å². The monoisotopic (exact) mass is 473 g/mol. The highest BCUT2D eigenvalue weighted by molar-refractivity contribution is 5.95. The van der Waals surface area contributed by atoms with E-state index in [9.17, 15) is 9.59 Å². The summed E-state index contributed by atoms with van der Waals surface area (Å²) in [6.45, 7) is 8.65. The number of amides is 1. The van der Waals surface area contributed by atoms with Crippen LogP contribution >= 0.6 is 0 Å². The zero-order chi connectivity index (χ0) is 25.4. The molecular weight excluding hydrogens is 442 g/mol. The molecule has 3 aromatic rings. The highest BCUT2D eigenvalue weighted by Crippen LogP contribution is 2.27. The second-order valence-corrected chi connectivity index (χ2v) is 7.93. The zero-order valence-electron chi connectivity index (χ0n) is 20.3. The van der Waals surface area contributed by atoms with Crippen molar-refractivity contribution < 1.29 is 14.3 Å². The second kappa shape index (κ2) is 11.8. The molecular formula is C27H31N5O3. The van der Waals surface area contributed by atoms with Crippen molar-refractivity contribution in [2.45, 2.75) is 26.9 Å². The topological polar surface area (TPSA) is 111 Å². The predicted molar refractivity (Wildman–Crippen MR) is 139 cm³/mol. The number of ether oxygens (including phenoxy) is 1. The Morgan fingerprint density at radius 1 is 1.23 bits per heavy atom. The lowest BCUT2D eigenvalue weighted by Gasteiger charge is -2.09. The summed E-state index contributed by atoms with van der Waals surface area (Å²) in [6.07, 6.45) is 7.40. The van der Waals surface area contributed by atoms with E-state index in [1.54, 1.807) is 28.8 Å². The second-order valence-electron chi connectivity index (χ2n) is 7.93. The van der Waals surface area contributed by atoms with E-state index in [-0.39, 0.29) is 12.5 Å². The minimum atomic E-state index is -0.408. The van der Waals surface area contributed by atoms with Crippen LogP contribution in [0.5, 0.6) is 0 Å². The average molecular weight is 474 g/mol. The molecule has 0 fully saturated rings. The summed E-state index contributed by atoms with van der Waals surface area (Å²) in [6, 6.07) is 11.2. The van der Waals surface area contributed by atoms with E-state index in [2.05, 4.69) is 17.2 Å². The van der Waals surface area contributed by atoms with Gasteiger partial charge in [0.2, 0.25) is 0 Å². The molecule has 0 bridgehead atoms. The molecule has 0 unspecified atom stereocenters. The fourth-order valence-electron chi connectivity index (χ4n) is 3.49. The fourth-order valence-corrected chi connectivity index (χ4v) is 3.49. The number of imidazole rings is 1. The molecule has 0 saturated heterocycles.